The van der Waals surface area contributed by atoms with E-state index < -0.39 is 0 Å². The maximum Gasteiger partial charge on any atom is 0.160 e. The summed E-state index contributed by atoms with van der Waals surface area (Å²) < 4.78 is 5.18. The van der Waals surface area contributed by atoms with Gasteiger partial charge in [-0.25, -0.2) is 0 Å². The van der Waals surface area contributed by atoms with E-state index in [1.165, 1.54) is 11.4 Å². The minimum absolute atomic E-state index is 0.997. The molecule has 0 aliphatic heterocycles. The second kappa shape index (κ2) is 3.42. The molecule has 3 nitrogen and oxygen atoms in total. The van der Waals surface area contributed by atoms with E-state index in [4.69, 9.17) is 0 Å². The Morgan fingerprint density at radius 3 is 2.21 bits per heavy atom. The summed E-state index contributed by atoms with van der Waals surface area (Å²) in [5.41, 5.74) is 2.44. The molecule has 14 heavy (non-hydrogen) atoms. The summed E-state index contributed by atoms with van der Waals surface area (Å²) in [5.74, 6) is 0.997. The van der Waals surface area contributed by atoms with Crippen LogP contribution in [0.4, 0.5) is 0 Å². The summed E-state index contributed by atoms with van der Waals surface area (Å²) in [5, 5.41) is 4.45. The molecule has 2 rings (SSSR count). The van der Waals surface area contributed by atoms with Crippen LogP contribution >= 0.6 is 22.6 Å². The van der Waals surface area contributed by atoms with Crippen molar-refractivity contribution in [1.29, 1.82) is 0 Å². The highest BCUT2D eigenvalue weighted by molar-refractivity contribution is 14.1. The first-order valence-corrected chi connectivity index (χ1v) is 5.52. The quantitative estimate of drug-likeness (QED) is 0.742. The van der Waals surface area contributed by atoms with E-state index >= 15 is 0 Å². The molecule has 2 heterocycles. The van der Waals surface area contributed by atoms with E-state index in [1.807, 2.05) is 11.7 Å². The molecule has 0 bridgehead atoms. The first kappa shape index (κ1) is 9.76. The van der Waals surface area contributed by atoms with Gasteiger partial charge in [0.2, 0.25) is 0 Å². The van der Waals surface area contributed by atoms with Crippen molar-refractivity contribution < 1.29 is 0 Å². The monoisotopic (exact) mass is 301 g/mol. The first-order chi connectivity index (χ1) is 6.59. The standard InChI is InChI=1S/C10H12IN3/c1-7-4-5-8(2)14(7)10-6-9(11)13(3)12-10/h4-6H,1-3H3. The van der Waals surface area contributed by atoms with Crippen LogP contribution in [0.2, 0.25) is 0 Å². The molecule has 0 fully saturated rings. The van der Waals surface area contributed by atoms with E-state index in [1.54, 1.807) is 0 Å². The van der Waals surface area contributed by atoms with Crippen molar-refractivity contribution in [2.45, 2.75) is 13.8 Å². The largest absolute Gasteiger partial charge is 0.302 e. The van der Waals surface area contributed by atoms with Gasteiger partial charge in [-0.3, -0.25) is 4.68 Å². The van der Waals surface area contributed by atoms with E-state index in [0.717, 1.165) is 9.52 Å². The van der Waals surface area contributed by atoms with Crippen LogP contribution in [0.5, 0.6) is 0 Å². The van der Waals surface area contributed by atoms with E-state index in [2.05, 4.69) is 64.3 Å². The van der Waals surface area contributed by atoms with E-state index in [9.17, 15) is 0 Å². The summed E-state index contributed by atoms with van der Waals surface area (Å²) >= 11 is 2.28. The average molecular weight is 301 g/mol. The van der Waals surface area contributed by atoms with Crippen LogP contribution in [0.15, 0.2) is 18.2 Å². The molecule has 0 amide bonds. The molecule has 0 aromatic carbocycles. The highest BCUT2D eigenvalue weighted by atomic mass is 127. The van der Waals surface area contributed by atoms with Gasteiger partial charge in [0, 0.05) is 24.5 Å². The van der Waals surface area contributed by atoms with E-state index in [0.29, 0.717) is 0 Å². The van der Waals surface area contributed by atoms with Crippen molar-refractivity contribution >= 4 is 22.6 Å². The Hall–Kier alpha value is -0.780. The van der Waals surface area contributed by atoms with Crippen LogP contribution in [-0.4, -0.2) is 14.3 Å². The van der Waals surface area contributed by atoms with Crippen LogP contribution in [0.3, 0.4) is 0 Å². The van der Waals surface area contributed by atoms with Crippen molar-refractivity contribution in [1.82, 2.24) is 14.3 Å². The third kappa shape index (κ3) is 1.47. The van der Waals surface area contributed by atoms with Gasteiger partial charge in [-0.2, -0.15) is 5.10 Å². The number of aryl methyl sites for hydroxylation is 3. The molecular formula is C10H12IN3. The third-order valence-corrected chi connectivity index (χ3v) is 3.32. The predicted molar refractivity (Wildman–Crippen MR) is 64.7 cm³/mol. The zero-order valence-corrected chi connectivity index (χ0v) is 10.6. The normalized spacial score (nSPS) is 10.9. The molecule has 4 heteroatoms. The smallest absolute Gasteiger partial charge is 0.160 e. The van der Waals surface area contributed by atoms with Gasteiger partial charge in [0.05, 0.1) is 0 Å². The molecule has 74 valence electrons. The van der Waals surface area contributed by atoms with Gasteiger partial charge in [-0.1, -0.05) is 0 Å². The minimum atomic E-state index is 0.997. The number of halogens is 1. The maximum atomic E-state index is 4.45. The molecule has 0 saturated carbocycles. The molecular weight excluding hydrogens is 289 g/mol. The Balaban J connectivity index is 2.59. The molecule has 0 aliphatic rings. The number of aromatic nitrogens is 3. The number of hydrogen-bond donors (Lipinski definition) is 0. The second-order valence-electron chi connectivity index (χ2n) is 3.40. The fourth-order valence-corrected chi connectivity index (χ4v) is 1.96. The lowest BCUT2D eigenvalue weighted by Gasteiger charge is -2.03. The Morgan fingerprint density at radius 1 is 1.21 bits per heavy atom. The van der Waals surface area contributed by atoms with Gasteiger partial charge in [-0.15, -0.1) is 0 Å². The predicted octanol–water partition coefficient (Wildman–Crippen LogP) is 2.43. The lowest BCUT2D eigenvalue weighted by molar-refractivity contribution is 0.729. The zero-order chi connectivity index (χ0) is 10.3. The second-order valence-corrected chi connectivity index (χ2v) is 4.51. The SMILES string of the molecule is Cc1ccc(C)n1-c1cc(I)n(C)n1. The number of nitrogens with zero attached hydrogens (tertiary/aromatic N) is 3. The molecule has 0 radical (unpaired) electrons. The van der Waals surface area contributed by atoms with Gasteiger partial charge in [0.25, 0.3) is 0 Å². The van der Waals surface area contributed by atoms with Crippen molar-refractivity contribution in [3.8, 4) is 5.82 Å². The van der Waals surface area contributed by atoms with Gasteiger partial charge < -0.3 is 4.57 Å². The Morgan fingerprint density at radius 2 is 1.79 bits per heavy atom. The van der Waals surface area contributed by atoms with E-state index in [-0.39, 0.29) is 0 Å². The lowest BCUT2D eigenvalue weighted by Crippen LogP contribution is -2.00. The van der Waals surface area contributed by atoms with Crippen molar-refractivity contribution in [2.24, 2.45) is 7.05 Å². The Bertz CT molecular complexity index is 429. The molecule has 0 spiro atoms. The van der Waals surface area contributed by atoms with Crippen molar-refractivity contribution in [3.63, 3.8) is 0 Å². The van der Waals surface area contributed by atoms with Crippen LogP contribution in [0.1, 0.15) is 11.4 Å². The van der Waals surface area contributed by atoms with Crippen molar-refractivity contribution in [2.75, 3.05) is 0 Å². The van der Waals surface area contributed by atoms with Crippen molar-refractivity contribution in [3.05, 3.63) is 33.3 Å². The highest BCUT2D eigenvalue weighted by Crippen LogP contribution is 2.16. The lowest BCUT2D eigenvalue weighted by atomic mass is 10.5. The number of rotatable bonds is 1. The molecule has 0 saturated heterocycles. The van der Waals surface area contributed by atoms with Gasteiger partial charge in [-0.05, 0) is 48.6 Å². The molecule has 0 atom stereocenters. The van der Waals surface area contributed by atoms with Gasteiger partial charge in [0.15, 0.2) is 5.82 Å². The topological polar surface area (TPSA) is 22.8 Å². The van der Waals surface area contributed by atoms with Crippen LogP contribution < -0.4 is 0 Å². The van der Waals surface area contributed by atoms with Gasteiger partial charge >= 0.3 is 0 Å². The van der Waals surface area contributed by atoms with Crippen LogP contribution in [-0.2, 0) is 7.05 Å². The van der Waals surface area contributed by atoms with Gasteiger partial charge in [0.1, 0.15) is 3.70 Å². The molecule has 2 aromatic rings. The Kier molecular flexibility index (Phi) is 2.38. The van der Waals surface area contributed by atoms with Crippen LogP contribution in [0, 0.1) is 17.5 Å². The molecule has 0 aliphatic carbocycles. The molecule has 0 unspecified atom stereocenters. The summed E-state index contributed by atoms with van der Waals surface area (Å²) in [6, 6.07) is 6.30. The maximum absolute atomic E-state index is 4.45. The van der Waals surface area contributed by atoms with Crippen LogP contribution in [0.25, 0.3) is 5.82 Å². The number of hydrogen-bond acceptors (Lipinski definition) is 1. The average Bonchev–Trinajstić information content (AvgIpc) is 2.59. The zero-order valence-electron chi connectivity index (χ0n) is 8.45. The highest BCUT2D eigenvalue weighted by Gasteiger charge is 2.08. The Labute approximate surface area is 96.9 Å². The third-order valence-electron chi connectivity index (χ3n) is 2.31. The fourth-order valence-electron chi connectivity index (χ4n) is 1.57. The molecule has 2 aromatic heterocycles. The first-order valence-electron chi connectivity index (χ1n) is 4.44. The minimum Gasteiger partial charge on any atom is -0.302 e. The fraction of sp³-hybridized carbons (Fsp3) is 0.300. The summed E-state index contributed by atoms with van der Waals surface area (Å²) in [6.45, 7) is 4.18. The summed E-state index contributed by atoms with van der Waals surface area (Å²) in [4.78, 5) is 0. The summed E-state index contributed by atoms with van der Waals surface area (Å²) in [6.07, 6.45) is 0. The summed E-state index contributed by atoms with van der Waals surface area (Å²) in [7, 11) is 1.96. The molecule has 0 N–H and O–H groups in total.